The van der Waals surface area contributed by atoms with Crippen molar-refractivity contribution in [1.29, 1.82) is 0 Å². The van der Waals surface area contributed by atoms with Gasteiger partial charge in [-0.2, -0.15) is 0 Å². The summed E-state index contributed by atoms with van der Waals surface area (Å²) in [7, 11) is 0. The van der Waals surface area contributed by atoms with Crippen LogP contribution >= 0.6 is 11.6 Å². The van der Waals surface area contributed by atoms with E-state index in [1.807, 2.05) is 36.4 Å². The summed E-state index contributed by atoms with van der Waals surface area (Å²) in [6, 6.07) is 18.0. The van der Waals surface area contributed by atoms with Crippen molar-refractivity contribution in [2.24, 2.45) is 0 Å². The second kappa shape index (κ2) is 9.57. The Balaban J connectivity index is 1.33. The topological polar surface area (TPSA) is 95.2 Å². The molecule has 0 aliphatic heterocycles. The van der Waals surface area contributed by atoms with E-state index in [0.29, 0.717) is 23.8 Å². The number of amides is 3. The fraction of sp³-hybridized carbons (Fsp3) is 0.150. The zero-order valence-electron chi connectivity index (χ0n) is 15.0. The Kier molecular flexibility index (Phi) is 6.64. The Hall–Kier alpha value is -3.32. The average molecular weight is 398 g/mol. The third-order valence-electron chi connectivity index (χ3n) is 3.85. The van der Waals surface area contributed by atoms with Gasteiger partial charge in [0.05, 0.1) is 12.1 Å². The van der Waals surface area contributed by atoms with Gasteiger partial charge in [-0.15, -0.1) is 0 Å². The molecule has 0 spiro atoms. The predicted molar refractivity (Wildman–Crippen MR) is 112 cm³/mol. The Morgan fingerprint density at radius 2 is 1.68 bits per heavy atom. The summed E-state index contributed by atoms with van der Waals surface area (Å²) < 4.78 is 0. The first kappa shape index (κ1) is 19.4. The highest BCUT2D eigenvalue weighted by atomic mass is 35.5. The normalized spacial score (nSPS) is 10.3. The summed E-state index contributed by atoms with van der Waals surface area (Å²) in [5, 5.41) is 12.7. The van der Waals surface area contributed by atoms with E-state index in [1.165, 1.54) is 0 Å². The van der Waals surface area contributed by atoms with Crippen molar-refractivity contribution in [3.05, 3.63) is 65.7 Å². The van der Waals surface area contributed by atoms with Crippen molar-refractivity contribution in [2.75, 3.05) is 30.3 Å². The maximum absolute atomic E-state index is 11.8. The van der Waals surface area contributed by atoms with Gasteiger partial charge in [-0.05, 0) is 42.5 Å². The molecule has 2 aromatic carbocycles. The van der Waals surface area contributed by atoms with Crippen molar-refractivity contribution in [1.82, 2.24) is 15.6 Å². The first-order valence-corrected chi connectivity index (χ1v) is 9.15. The van der Waals surface area contributed by atoms with Gasteiger partial charge >= 0.3 is 6.03 Å². The summed E-state index contributed by atoms with van der Waals surface area (Å²) in [4.78, 5) is 28.1. The molecule has 0 unspecified atom stereocenters. The molecule has 3 amide bonds. The number of halogens is 1. The molecule has 8 heteroatoms. The number of pyridine rings is 1. The van der Waals surface area contributed by atoms with Crippen LogP contribution in [0.2, 0.25) is 5.02 Å². The minimum absolute atomic E-state index is 0.131. The number of nitrogens with zero attached hydrogens (tertiary/aromatic N) is 1. The molecule has 0 saturated heterocycles. The van der Waals surface area contributed by atoms with Gasteiger partial charge < -0.3 is 21.3 Å². The van der Waals surface area contributed by atoms with Crippen LogP contribution in [0.4, 0.5) is 16.3 Å². The van der Waals surface area contributed by atoms with Crippen LogP contribution in [0.15, 0.2) is 60.7 Å². The van der Waals surface area contributed by atoms with Crippen LogP contribution < -0.4 is 21.3 Å². The maximum atomic E-state index is 11.8. The number of para-hydroxylation sites is 1. The number of hydrogen-bond acceptors (Lipinski definition) is 4. The van der Waals surface area contributed by atoms with Crippen LogP contribution in [0.3, 0.4) is 0 Å². The lowest BCUT2D eigenvalue weighted by Gasteiger charge is -2.10. The molecule has 0 aliphatic rings. The first-order valence-electron chi connectivity index (χ1n) is 8.77. The summed E-state index contributed by atoms with van der Waals surface area (Å²) in [6.07, 6.45) is 0. The van der Waals surface area contributed by atoms with Gasteiger partial charge in [0.15, 0.2) is 0 Å². The van der Waals surface area contributed by atoms with Crippen molar-refractivity contribution in [2.45, 2.75) is 0 Å². The van der Waals surface area contributed by atoms with Crippen molar-refractivity contribution >= 4 is 45.9 Å². The molecule has 4 N–H and O–H groups in total. The van der Waals surface area contributed by atoms with E-state index in [-0.39, 0.29) is 12.5 Å². The van der Waals surface area contributed by atoms with E-state index in [4.69, 9.17) is 11.6 Å². The maximum Gasteiger partial charge on any atom is 0.315 e. The highest BCUT2D eigenvalue weighted by Crippen LogP contribution is 2.14. The molecule has 0 fully saturated rings. The van der Waals surface area contributed by atoms with Crippen molar-refractivity contribution < 1.29 is 9.59 Å². The van der Waals surface area contributed by atoms with Gasteiger partial charge in [0, 0.05) is 29.2 Å². The highest BCUT2D eigenvalue weighted by Gasteiger charge is 2.05. The predicted octanol–water partition coefficient (Wildman–Crippen LogP) is 3.24. The molecule has 28 heavy (non-hydrogen) atoms. The zero-order chi connectivity index (χ0) is 19.8. The molecule has 7 nitrogen and oxygen atoms in total. The number of carbonyl (C=O) groups is 2. The molecule has 0 bridgehead atoms. The third-order valence-corrected chi connectivity index (χ3v) is 4.10. The molecule has 0 saturated carbocycles. The fourth-order valence-corrected chi connectivity index (χ4v) is 2.62. The number of carbonyl (C=O) groups excluding carboxylic acids is 2. The van der Waals surface area contributed by atoms with Gasteiger partial charge in [0.2, 0.25) is 5.91 Å². The van der Waals surface area contributed by atoms with Gasteiger partial charge in [0.1, 0.15) is 5.82 Å². The number of hydrogen-bond donors (Lipinski definition) is 4. The lowest BCUT2D eigenvalue weighted by Crippen LogP contribution is -2.41. The van der Waals surface area contributed by atoms with Gasteiger partial charge in [-0.3, -0.25) is 4.79 Å². The summed E-state index contributed by atoms with van der Waals surface area (Å²) in [6.45, 7) is 0.767. The standard InChI is InChI=1S/C20H20ClN5O2/c21-15-6-8-16(9-7-15)25-19(27)13-24-20(28)23-12-11-22-18-10-5-14-3-1-2-4-17(14)26-18/h1-10H,11-13H2,(H,22,26)(H,25,27)(H2,23,24,28). The van der Waals surface area contributed by atoms with Crippen LogP contribution in [0.25, 0.3) is 10.9 Å². The molecule has 3 aromatic rings. The summed E-state index contributed by atoms with van der Waals surface area (Å²) >= 11 is 5.79. The van der Waals surface area contributed by atoms with Crippen LogP contribution in [-0.4, -0.2) is 36.6 Å². The zero-order valence-corrected chi connectivity index (χ0v) is 15.8. The third kappa shape index (κ3) is 5.85. The summed E-state index contributed by atoms with van der Waals surface area (Å²) in [5.41, 5.74) is 1.52. The van der Waals surface area contributed by atoms with E-state index in [9.17, 15) is 9.59 Å². The monoisotopic (exact) mass is 397 g/mol. The van der Waals surface area contributed by atoms with Crippen LogP contribution in [-0.2, 0) is 4.79 Å². The van der Waals surface area contributed by atoms with E-state index in [2.05, 4.69) is 26.3 Å². The number of fused-ring (bicyclic) bond motifs is 1. The second-order valence-electron chi connectivity index (χ2n) is 5.98. The molecule has 1 aromatic heterocycles. The van der Waals surface area contributed by atoms with Crippen LogP contribution in [0.1, 0.15) is 0 Å². The lowest BCUT2D eigenvalue weighted by atomic mass is 10.2. The Labute approximate surface area is 167 Å². The Morgan fingerprint density at radius 3 is 2.50 bits per heavy atom. The van der Waals surface area contributed by atoms with Crippen LogP contribution in [0.5, 0.6) is 0 Å². The minimum atomic E-state index is -0.417. The molecule has 3 rings (SSSR count). The minimum Gasteiger partial charge on any atom is -0.368 e. The molecule has 0 radical (unpaired) electrons. The molecular weight excluding hydrogens is 378 g/mol. The van der Waals surface area contributed by atoms with E-state index in [1.54, 1.807) is 24.3 Å². The van der Waals surface area contributed by atoms with E-state index in [0.717, 1.165) is 16.7 Å². The number of nitrogens with one attached hydrogen (secondary N) is 4. The Morgan fingerprint density at radius 1 is 0.893 bits per heavy atom. The highest BCUT2D eigenvalue weighted by molar-refractivity contribution is 6.30. The summed E-state index contributed by atoms with van der Waals surface area (Å²) in [5.74, 6) is 0.416. The van der Waals surface area contributed by atoms with Gasteiger partial charge in [-0.1, -0.05) is 29.8 Å². The molecule has 1 heterocycles. The van der Waals surface area contributed by atoms with Crippen molar-refractivity contribution in [3.63, 3.8) is 0 Å². The molecular formula is C20H20ClN5O2. The largest absolute Gasteiger partial charge is 0.368 e. The number of benzene rings is 2. The average Bonchev–Trinajstić information content (AvgIpc) is 2.71. The number of urea groups is 1. The molecule has 0 atom stereocenters. The lowest BCUT2D eigenvalue weighted by molar-refractivity contribution is -0.115. The molecule has 144 valence electrons. The number of rotatable bonds is 7. The smallest absolute Gasteiger partial charge is 0.315 e. The fourth-order valence-electron chi connectivity index (χ4n) is 2.49. The van der Waals surface area contributed by atoms with Crippen molar-refractivity contribution in [3.8, 4) is 0 Å². The van der Waals surface area contributed by atoms with Crippen LogP contribution in [0, 0.1) is 0 Å². The van der Waals surface area contributed by atoms with Gasteiger partial charge in [-0.25, -0.2) is 9.78 Å². The quantitative estimate of drug-likeness (QED) is 0.460. The second-order valence-corrected chi connectivity index (χ2v) is 6.42. The van der Waals surface area contributed by atoms with E-state index < -0.39 is 6.03 Å². The van der Waals surface area contributed by atoms with Gasteiger partial charge in [0.25, 0.3) is 0 Å². The Bertz CT molecular complexity index is 962. The number of aromatic nitrogens is 1. The van der Waals surface area contributed by atoms with E-state index >= 15 is 0 Å². The molecule has 0 aliphatic carbocycles. The first-order chi connectivity index (χ1) is 13.6. The SMILES string of the molecule is O=C(CNC(=O)NCCNc1ccc2ccccc2n1)Nc1ccc(Cl)cc1. The number of anilines is 2.